The first kappa shape index (κ1) is 15.0. The standard InChI is InChI=1S/C13H18F3NO/c1-4-12(17-18-9(2)3)10-6-5-7-11(8-10)13(14,15)16/h5-9,12,17H,4H2,1-3H3. The van der Waals surface area contributed by atoms with Crippen LogP contribution in [0.1, 0.15) is 44.4 Å². The Hall–Kier alpha value is -1.07. The van der Waals surface area contributed by atoms with E-state index in [4.69, 9.17) is 4.84 Å². The molecule has 0 bridgehead atoms. The molecule has 0 aliphatic rings. The van der Waals surface area contributed by atoms with Crippen LogP contribution in [0.3, 0.4) is 0 Å². The lowest BCUT2D eigenvalue weighted by Gasteiger charge is -2.20. The number of benzene rings is 1. The van der Waals surface area contributed by atoms with Crippen molar-refractivity contribution in [3.8, 4) is 0 Å². The third kappa shape index (κ3) is 4.31. The highest BCUT2D eigenvalue weighted by Gasteiger charge is 2.30. The predicted molar refractivity (Wildman–Crippen MR) is 63.8 cm³/mol. The topological polar surface area (TPSA) is 21.3 Å². The van der Waals surface area contributed by atoms with Crippen molar-refractivity contribution in [3.05, 3.63) is 35.4 Å². The Bertz CT molecular complexity index is 377. The van der Waals surface area contributed by atoms with E-state index in [1.807, 2.05) is 20.8 Å². The summed E-state index contributed by atoms with van der Waals surface area (Å²) in [5.41, 5.74) is 2.74. The average molecular weight is 261 g/mol. The smallest absolute Gasteiger partial charge is 0.299 e. The van der Waals surface area contributed by atoms with Gasteiger partial charge in [0.15, 0.2) is 0 Å². The van der Waals surface area contributed by atoms with E-state index in [-0.39, 0.29) is 12.1 Å². The summed E-state index contributed by atoms with van der Waals surface area (Å²) in [7, 11) is 0. The highest BCUT2D eigenvalue weighted by molar-refractivity contribution is 5.27. The molecule has 1 aromatic carbocycles. The molecule has 5 heteroatoms. The van der Waals surface area contributed by atoms with Crippen LogP contribution in [0.5, 0.6) is 0 Å². The third-order valence-electron chi connectivity index (χ3n) is 2.47. The van der Waals surface area contributed by atoms with Gasteiger partial charge < -0.3 is 0 Å². The van der Waals surface area contributed by atoms with Gasteiger partial charge in [0, 0.05) is 0 Å². The highest BCUT2D eigenvalue weighted by Crippen LogP contribution is 2.31. The minimum atomic E-state index is -4.31. The van der Waals surface area contributed by atoms with Gasteiger partial charge in [0.2, 0.25) is 0 Å². The summed E-state index contributed by atoms with van der Waals surface area (Å²) < 4.78 is 37.8. The second-order valence-corrected chi connectivity index (χ2v) is 4.37. The molecule has 1 atom stereocenters. The van der Waals surface area contributed by atoms with Crippen LogP contribution < -0.4 is 5.48 Å². The molecule has 0 heterocycles. The van der Waals surface area contributed by atoms with E-state index in [1.165, 1.54) is 6.07 Å². The maximum atomic E-state index is 12.6. The molecule has 102 valence electrons. The van der Waals surface area contributed by atoms with E-state index in [0.717, 1.165) is 12.1 Å². The lowest BCUT2D eigenvalue weighted by atomic mass is 10.0. The number of hydroxylamine groups is 1. The largest absolute Gasteiger partial charge is 0.416 e. The van der Waals surface area contributed by atoms with Crippen LogP contribution in [0.25, 0.3) is 0 Å². The summed E-state index contributed by atoms with van der Waals surface area (Å²) >= 11 is 0. The Morgan fingerprint density at radius 3 is 2.44 bits per heavy atom. The van der Waals surface area contributed by atoms with Crippen molar-refractivity contribution in [2.75, 3.05) is 0 Å². The van der Waals surface area contributed by atoms with Gasteiger partial charge in [0.25, 0.3) is 0 Å². The maximum Gasteiger partial charge on any atom is 0.416 e. The van der Waals surface area contributed by atoms with Gasteiger partial charge in [0.1, 0.15) is 0 Å². The van der Waals surface area contributed by atoms with Crippen molar-refractivity contribution < 1.29 is 18.0 Å². The highest BCUT2D eigenvalue weighted by atomic mass is 19.4. The second kappa shape index (κ2) is 6.20. The van der Waals surface area contributed by atoms with Crippen LogP contribution in [0.4, 0.5) is 13.2 Å². The molecule has 1 N–H and O–H groups in total. The van der Waals surface area contributed by atoms with Gasteiger partial charge >= 0.3 is 6.18 Å². The zero-order valence-electron chi connectivity index (χ0n) is 10.7. The SMILES string of the molecule is CCC(NOC(C)C)c1cccc(C(F)(F)F)c1. The Morgan fingerprint density at radius 1 is 1.28 bits per heavy atom. The van der Waals surface area contributed by atoms with Crippen LogP contribution in [0, 0.1) is 0 Å². The van der Waals surface area contributed by atoms with E-state index < -0.39 is 11.7 Å². The fourth-order valence-electron chi connectivity index (χ4n) is 1.54. The molecule has 0 radical (unpaired) electrons. The second-order valence-electron chi connectivity index (χ2n) is 4.37. The zero-order valence-corrected chi connectivity index (χ0v) is 10.7. The maximum absolute atomic E-state index is 12.6. The van der Waals surface area contributed by atoms with E-state index in [9.17, 15) is 13.2 Å². The van der Waals surface area contributed by atoms with Crippen molar-refractivity contribution in [1.29, 1.82) is 0 Å². The molecular formula is C13H18F3NO. The summed E-state index contributed by atoms with van der Waals surface area (Å²) in [5, 5.41) is 0. The molecule has 0 fully saturated rings. The summed E-state index contributed by atoms with van der Waals surface area (Å²) in [4.78, 5) is 5.24. The Balaban J connectivity index is 2.86. The first-order valence-electron chi connectivity index (χ1n) is 5.93. The third-order valence-corrected chi connectivity index (χ3v) is 2.47. The molecule has 0 aromatic heterocycles. The van der Waals surface area contributed by atoms with Gasteiger partial charge in [-0.3, -0.25) is 4.84 Å². The van der Waals surface area contributed by atoms with Gasteiger partial charge in [-0.2, -0.15) is 18.7 Å². The molecule has 0 aliphatic carbocycles. The lowest BCUT2D eigenvalue weighted by Crippen LogP contribution is -2.25. The molecule has 0 aliphatic heterocycles. The van der Waals surface area contributed by atoms with E-state index in [0.29, 0.717) is 12.0 Å². The Labute approximate surface area is 105 Å². The quantitative estimate of drug-likeness (QED) is 0.806. The number of halogens is 3. The predicted octanol–water partition coefficient (Wildman–Crippen LogP) is 4.09. The average Bonchev–Trinajstić information content (AvgIpc) is 2.29. The van der Waals surface area contributed by atoms with Crippen molar-refractivity contribution in [1.82, 2.24) is 5.48 Å². The molecule has 0 saturated heterocycles. The van der Waals surface area contributed by atoms with Crippen molar-refractivity contribution in [3.63, 3.8) is 0 Å². The van der Waals surface area contributed by atoms with Gasteiger partial charge in [-0.25, -0.2) is 0 Å². The van der Waals surface area contributed by atoms with Crippen LogP contribution in [0.15, 0.2) is 24.3 Å². The van der Waals surface area contributed by atoms with Gasteiger partial charge in [-0.1, -0.05) is 19.1 Å². The van der Waals surface area contributed by atoms with Gasteiger partial charge in [-0.15, -0.1) is 0 Å². The van der Waals surface area contributed by atoms with E-state index in [2.05, 4.69) is 5.48 Å². The Morgan fingerprint density at radius 2 is 1.94 bits per heavy atom. The molecular weight excluding hydrogens is 243 g/mol. The lowest BCUT2D eigenvalue weighted by molar-refractivity contribution is -0.137. The van der Waals surface area contributed by atoms with E-state index >= 15 is 0 Å². The molecule has 0 saturated carbocycles. The summed E-state index contributed by atoms with van der Waals surface area (Å²) in [6.45, 7) is 5.60. The normalized spacial score (nSPS) is 13.9. The monoisotopic (exact) mass is 261 g/mol. The van der Waals surface area contributed by atoms with Crippen molar-refractivity contribution in [2.24, 2.45) is 0 Å². The number of hydrogen-bond donors (Lipinski definition) is 1. The van der Waals surface area contributed by atoms with Crippen molar-refractivity contribution >= 4 is 0 Å². The van der Waals surface area contributed by atoms with Gasteiger partial charge in [0.05, 0.1) is 17.7 Å². The van der Waals surface area contributed by atoms with Crippen LogP contribution >= 0.6 is 0 Å². The van der Waals surface area contributed by atoms with Crippen LogP contribution in [-0.4, -0.2) is 6.10 Å². The Kier molecular flexibility index (Phi) is 5.16. The molecule has 0 spiro atoms. The van der Waals surface area contributed by atoms with Crippen LogP contribution in [0.2, 0.25) is 0 Å². The molecule has 2 nitrogen and oxygen atoms in total. The number of alkyl halides is 3. The van der Waals surface area contributed by atoms with Crippen LogP contribution in [-0.2, 0) is 11.0 Å². The number of rotatable bonds is 5. The number of nitrogens with one attached hydrogen (secondary N) is 1. The zero-order chi connectivity index (χ0) is 13.8. The molecule has 1 aromatic rings. The first-order valence-corrected chi connectivity index (χ1v) is 5.93. The molecule has 0 amide bonds. The minimum Gasteiger partial charge on any atom is -0.299 e. The van der Waals surface area contributed by atoms with Crippen molar-refractivity contribution in [2.45, 2.75) is 45.5 Å². The van der Waals surface area contributed by atoms with E-state index in [1.54, 1.807) is 6.07 Å². The molecule has 1 unspecified atom stereocenters. The minimum absolute atomic E-state index is 0.0233. The first-order chi connectivity index (χ1) is 8.34. The summed E-state index contributed by atoms with van der Waals surface area (Å²) in [6.07, 6.45) is -3.69. The summed E-state index contributed by atoms with van der Waals surface area (Å²) in [6, 6.07) is 5.07. The fraction of sp³-hybridized carbons (Fsp3) is 0.538. The molecule has 1 rings (SSSR count). The molecule has 18 heavy (non-hydrogen) atoms. The number of hydrogen-bond acceptors (Lipinski definition) is 2. The summed E-state index contributed by atoms with van der Waals surface area (Å²) in [5.74, 6) is 0. The van der Waals surface area contributed by atoms with Gasteiger partial charge in [-0.05, 0) is 38.0 Å². The fourth-order valence-corrected chi connectivity index (χ4v) is 1.54.